The summed E-state index contributed by atoms with van der Waals surface area (Å²) in [5.41, 5.74) is 0. The summed E-state index contributed by atoms with van der Waals surface area (Å²) in [6, 6.07) is 0.668. The molecule has 1 N–H and O–H groups in total. The third-order valence-electron chi connectivity index (χ3n) is 3.44. The molecule has 0 spiro atoms. The molecule has 1 unspecified atom stereocenters. The van der Waals surface area contributed by atoms with Crippen molar-refractivity contribution >= 4 is 0 Å². The summed E-state index contributed by atoms with van der Waals surface area (Å²) in [5.74, 6) is 0.998. The van der Waals surface area contributed by atoms with Gasteiger partial charge in [-0.25, -0.2) is 0 Å². The van der Waals surface area contributed by atoms with Crippen LogP contribution in [0.4, 0.5) is 0 Å². The number of rotatable bonds is 7. The van der Waals surface area contributed by atoms with Gasteiger partial charge in [-0.15, -0.1) is 5.10 Å². The second-order valence-electron chi connectivity index (χ2n) is 4.91. The Morgan fingerprint density at radius 1 is 1.50 bits per heavy atom. The van der Waals surface area contributed by atoms with Gasteiger partial charge in [0.15, 0.2) is 0 Å². The molecule has 1 aliphatic rings. The standard InChI is InChI=1S/C12H22N4/c1-11(10-12-4-2-5-12)13-6-3-8-16-9-7-14-15-16/h7,9,11-13H,2-6,8,10H2,1H3. The summed E-state index contributed by atoms with van der Waals surface area (Å²) < 4.78 is 1.89. The van der Waals surface area contributed by atoms with Crippen LogP contribution in [0.3, 0.4) is 0 Å². The molecule has 0 saturated heterocycles. The van der Waals surface area contributed by atoms with Crippen LogP contribution < -0.4 is 5.32 Å². The van der Waals surface area contributed by atoms with Crippen molar-refractivity contribution in [3.8, 4) is 0 Å². The van der Waals surface area contributed by atoms with E-state index in [1.54, 1.807) is 6.20 Å². The highest BCUT2D eigenvalue weighted by Crippen LogP contribution is 2.30. The van der Waals surface area contributed by atoms with Gasteiger partial charge in [-0.2, -0.15) is 0 Å². The molecule has 0 amide bonds. The second kappa shape index (κ2) is 5.99. The molecule has 1 aliphatic carbocycles. The van der Waals surface area contributed by atoms with Crippen molar-refractivity contribution in [2.45, 2.75) is 51.6 Å². The average molecular weight is 222 g/mol. The summed E-state index contributed by atoms with van der Waals surface area (Å²) in [7, 11) is 0. The molecule has 90 valence electrons. The Bertz CT molecular complexity index is 279. The lowest BCUT2D eigenvalue weighted by atomic mass is 9.81. The fourth-order valence-corrected chi connectivity index (χ4v) is 2.25. The summed E-state index contributed by atoms with van der Waals surface area (Å²) in [6.07, 6.45) is 10.5. The molecule has 0 aromatic carbocycles. The van der Waals surface area contributed by atoms with Crippen LogP contribution >= 0.6 is 0 Å². The average Bonchev–Trinajstić information content (AvgIpc) is 2.71. The van der Waals surface area contributed by atoms with Crippen molar-refractivity contribution in [1.29, 1.82) is 0 Å². The molecule has 1 saturated carbocycles. The normalized spacial score (nSPS) is 18.3. The largest absolute Gasteiger partial charge is 0.314 e. The Morgan fingerprint density at radius 3 is 3.00 bits per heavy atom. The summed E-state index contributed by atoms with van der Waals surface area (Å²) in [4.78, 5) is 0. The highest BCUT2D eigenvalue weighted by atomic mass is 15.4. The SMILES string of the molecule is CC(CC1CCC1)NCCCn1ccnn1. The Morgan fingerprint density at radius 2 is 2.38 bits per heavy atom. The lowest BCUT2D eigenvalue weighted by Gasteiger charge is -2.28. The van der Waals surface area contributed by atoms with Crippen molar-refractivity contribution in [2.24, 2.45) is 5.92 Å². The summed E-state index contributed by atoms with van der Waals surface area (Å²) in [6.45, 7) is 4.34. The van der Waals surface area contributed by atoms with Gasteiger partial charge in [0.05, 0.1) is 6.20 Å². The monoisotopic (exact) mass is 222 g/mol. The van der Waals surface area contributed by atoms with E-state index in [1.165, 1.54) is 25.7 Å². The van der Waals surface area contributed by atoms with E-state index in [1.807, 2.05) is 10.9 Å². The smallest absolute Gasteiger partial charge is 0.0692 e. The van der Waals surface area contributed by atoms with Crippen LogP contribution in [-0.2, 0) is 6.54 Å². The number of aromatic nitrogens is 3. The quantitative estimate of drug-likeness (QED) is 0.716. The maximum absolute atomic E-state index is 3.94. The van der Waals surface area contributed by atoms with Gasteiger partial charge < -0.3 is 5.32 Å². The van der Waals surface area contributed by atoms with Crippen LogP contribution in [-0.4, -0.2) is 27.6 Å². The molecule has 4 nitrogen and oxygen atoms in total. The highest BCUT2D eigenvalue weighted by molar-refractivity contribution is 4.74. The zero-order valence-electron chi connectivity index (χ0n) is 10.1. The third kappa shape index (κ3) is 3.59. The minimum absolute atomic E-state index is 0.668. The van der Waals surface area contributed by atoms with Crippen LogP contribution in [0.5, 0.6) is 0 Å². The maximum Gasteiger partial charge on any atom is 0.0692 e. The van der Waals surface area contributed by atoms with E-state index in [0.29, 0.717) is 6.04 Å². The number of hydrogen-bond acceptors (Lipinski definition) is 3. The van der Waals surface area contributed by atoms with Crippen molar-refractivity contribution in [1.82, 2.24) is 20.3 Å². The van der Waals surface area contributed by atoms with Crippen molar-refractivity contribution in [3.05, 3.63) is 12.4 Å². The molecule has 0 radical (unpaired) electrons. The fourth-order valence-electron chi connectivity index (χ4n) is 2.25. The van der Waals surface area contributed by atoms with E-state index in [9.17, 15) is 0 Å². The first-order chi connectivity index (χ1) is 7.84. The summed E-state index contributed by atoms with van der Waals surface area (Å²) >= 11 is 0. The molecular formula is C12H22N4. The number of hydrogen-bond donors (Lipinski definition) is 1. The maximum atomic E-state index is 3.94. The van der Waals surface area contributed by atoms with E-state index in [0.717, 1.165) is 25.4 Å². The highest BCUT2D eigenvalue weighted by Gasteiger charge is 2.19. The van der Waals surface area contributed by atoms with Gasteiger partial charge in [-0.3, -0.25) is 4.68 Å². The van der Waals surface area contributed by atoms with Crippen LogP contribution in [0.2, 0.25) is 0 Å². The van der Waals surface area contributed by atoms with Crippen LogP contribution in [0.15, 0.2) is 12.4 Å². The lowest BCUT2D eigenvalue weighted by molar-refractivity contribution is 0.265. The molecule has 1 aromatic heterocycles. The van der Waals surface area contributed by atoms with Gasteiger partial charge in [0.1, 0.15) is 0 Å². The van der Waals surface area contributed by atoms with E-state index < -0.39 is 0 Å². The number of aryl methyl sites for hydroxylation is 1. The topological polar surface area (TPSA) is 42.7 Å². The molecule has 16 heavy (non-hydrogen) atoms. The van der Waals surface area contributed by atoms with Gasteiger partial charge in [-0.05, 0) is 32.2 Å². The van der Waals surface area contributed by atoms with Gasteiger partial charge in [0, 0.05) is 18.8 Å². The Kier molecular flexibility index (Phi) is 4.34. The molecule has 4 heteroatoms. The molecule has 1 fully saturated rings. The van der Waals surface area contributed by atoms with Gasteiger partial charge >= 0.3 is 0 Å². The first-order valence-corrected chi connectivity index (χ1v) is 6.42. The van der Waals surface area contributed by atoms with E-state index in [-0.39, 0.29) is 0 Å². The van der Waals surface area contributed by atoms with Crippen molar-refractivity contribution < 1.29 is 0 Å². The van der Waals surface area contributed by atoms with Gasteiger partial charge in [0.25, 0.3) is 0 Å². The third-order valence-corrected chi connectivity index (χ3v) is 3.44. The van der Waals surface area contributed by atoms with Crippen molar-refractivity contribution in [2.75, 3.05) is 6.54 Å². The van der Waals surface area contributed by atoms with Crippen molar-refractivity contribution in [3.63, 3.8) is 0 Å². The zero-order valence-corrected chi connectivity index (χ0v) is 10.1. The number of nitrogens with one attached hydrogen (secondary N) is 1. The lowest BCUT2D eigenvalue weighted by Crippen LogP contribution is -2.31. The van der Waals surface area contributed by atoms with Gasteiger partial charge in [-0.1, -0.05) is 24.5 Å². The Labute approximate surface area is 97.4 Å². The molecule has 1 atom stereocenters. The van der Waals surface area contributed by atoms with Crippen LogP contribution in [0.1, 0.15) is 39.0 Å². The minimum atomic E-state index is 0.668. The molecule has 0 aliphatic heterocycles. The van der Waals surface area contributed by atoms with Gasteiger partial charge in [0.2, 0.25) is 0 Å². The molecule has 2 rings (SSSR count). The second-order valence-corrected chi connectivity index (χ2v) is 4.91. The van der Waals surface area contributed by atoms with Crippen LogP contribution in [0.25, 0.3) is 0 Å². The van der Waals surface area contributed by atoms with E-state index >= 15 is 0 Å². The Hall–Kier alpha value is -0.900. The summed E-state index contributed by atoms with van der Waals surface area (Å²) in [5, 5.41) is 11.3. The van der Waals surface area contributed by atoms with Crippen LogP contribution in [0, 0.1) is 5.92 Å². The first kappa shape index (κ1) is 11.6. The Balaban J connectivity index is 1.50. The zero-order chi connectivity index (χ0) is 11.2. The molecule has 1 aromatic rings. The fraction of sp³-hybridized carbons (Fsp3) is 0.833. The first-order valence-electron chi connectivity index (χ1n) is 6.42. The minimum Gasteiger partial charge on any atom is -0.314 e. The van der Waals surface area contributed by atoms with E-state index in [4.69, 9.17) is 0 Å². The molecular weight excluding hydrogens is 200 g/mol. The molecule has 0 bridgehead atoms. The van der Waals surface area contributed by atoms with E-state index in [2.05, 4.69) is 22.6 Å². The predicted molar refractivity (Wildman–Crippen MR) is 64.1 cm³/mol. The number of nitrogens with zero attached hydrogens (tertiary/aromatic N) is 3. The molecule has 1 heterocycles. The predicted octanol–water partition coefficient (Wildman–Crippen LogP) is 1.84.